The molecule has 2 aromatic carbocycles. The first-order chi connectivity index (χ1) is 11.9. The molecule has 6 nitrogen and oxygen atoms in total. The van der Waals surface area contributed by atoms with Crippen LogP contribution in [0.15, 0.2) is 42.5 Å². The van der Waals surface area contributed by atoms with Gasteiger partial charge in [0.05, 0.1) is 18.6 Å². The number of carboxylic acid groups (broad SMARTS) is 2. The van der Waals surface area contributed by atoms with Crippen LogP contribution >= 0.6 is 0 Å². The maximum Gasteiger partial charge on any atom is 0.326 e. The molecule has 130 valence electrons. The summed E-state index contributed by atoms with van der Waals surface area (Å²) in [4.78, 5) is 22.9. The van der Waals surface area contributed by atoms with Gasteiger partial charge in [-0.25, -0.2) is 0 Å². The van der Waals surface area contributed by atoms with Gasteiger partial charge < -0.3 is 20.7 Å². The molecule has 0 aliphatic heterocycles. The quantitative estimate of drug-likeness (QED) is 0.766. The average Bonchev–Trinajstić information content (AvgIpc) is 3.25. The molecule has 0 unspecified atom stereocenters. The molecular formula is C19H19NO5. The van der Waals surface area contributed by atoms with Crippen LogP contribution in [0.3, 0.4) is 0 Å². The normalized spacial score (nSPS) is 33.2. The van der Waals surface area contributed by atoms with E-state index >= 15 is 0 Å². The highest BCUT2D eigenvalue weighted by molar-refractivity contribution is 5.86. The smallest absolute Gasteiger partial charge is 0.326 e. The third kappa shape index (κ3) is 2.41. The molecule has 0 spiro atoms. The van der Waals surface area contributed by atoms with Crippen LogP contribution in [0.5, 0.6) is 0 Å². The second-order valence-electron chi connectivity index (χ2n) is 7.01. The van der Waals surface area contributed by atoms with E-state index in [1.807, 2.05) is 42.5 Å². The number of rotatable bonds is 5. The van der Waals surface area contributed by atoms with Crippen LogP contribution in [-0.2, 0) is 20.9 Å². The Labute approximate surface area is 144 Å². The second kappa shape index (κ2) is 5.54. The maximum absolute atomic E-state index is 11.7. The van der Waals surface area contributed by atoms with Crippen LogP contribution in [0.4, 0.5) is 0 Å². The van der Waals surface area contributed by atoms with Crippen molar-refractivity contribution in [2.24, 2.45) is 23.5 Å². The lowest BCUT2D eigenvalue weighted by Gasteiger charge is -2.30. The zero-order valence-electron chi connectivity index (χ0n) is 13.5. The van der Waals surface area contributed by atoms with Crippen LogP contribution in [0, 0.1) is 17.8 Å². The van der Waals surface area contributed by atoms with Crippen molar-refractivity contribution < 1.29 is 24.5 Å². The second-order valence-corrected chi connectivity index (χ2v) is 7.01. The molecule has 0 heterocycles. The summed E-state index contributed by atoms with van der Waals surface area (Å²) in [5.74, 6) is -3.59. The number of carbonyl (C=O) groups is 2. The first kappa shape index (κ1) is 16.1. The number of fused-ring (bicyclic) bond motifs is 2. The van der Waals surface area contributed by atoms with Crippen molar-refractivity contribution >= 4 is 22.7 Å². The fourth-order valence-corrected chi connectivity index (χ4v) is 4.32. The van der Waals surface area contributed by atoms with Crippen LogP contribution in [0.2, 0.25) is 0 Å². The number of benzene rings is 2. The average molecular weight is 341 g/mol. The summed E-state index contributed by atoms with van der Waals surface area (Å²) < 4.78 is 5.84. The van der Waals surface area contributed by atoms with E-state index in [0.717, 1.165) is 16.3 Å². The van der Waals surface area contributed by atoms with Gasteiger partial charge in [0.15, 0.2) is 0 Å². The Hall–Kier alpha value is -2.44. The molecule has 5 atom stereocenters. The Morgan fingerprint density at radius 3 is 2.56 bits per heavy atom. The van der Waals surface area contributed by atoms with Crippen LogP contribution in [0.25, 0.3) is 10.8 Å². The summed E-state index contributed by atoms with van der Waals surface area (Å²) in [5, 5.41) is 21.0. The first-order valence-corrected chi connectivity index (χ1v) is 8.27. The lowest BCUT2D eigenvalue weighted by molar-refractivity contribution is -0.152. The van der Waals surface area contributed by atoms with Gasteiger partial charge in [0.2, 0.25) is 0 Å². The maximum atomic E-state index is 11.7. The van der Waals surface area contributed by atoms with E-state index in [4.69, 9.17) is 10.5 Å². The number of aliphatic carboxylic acids is 2. The third-order valence-corrected chi connectivity index (χ3v) is 5.66. The van der Waals surface area contributed by atoms with Crippen molar-refractivity contribution in [3.63, 3.8) is 0 Å². The molecule has 2 aliphatic carbocycles. The SMILES string of the molecule is N[C@]1(C(=O)O)[C@H]2[C@@H](C[C@H]1OCc1ccc3ccccc3c1)[C@@H]2C(=O)O. The van der Waals surface area contributed by atoms with Crippen LogP contribution in [0.1, 0.15) is 12.0 Å². The van der Waals surface area contributed by atoms with E-state index in [-0.39, 0.29) is 12.5 Å². The van der Waals surface area contributed by atoms with E-state index < -0.39 is 35.4 Å². The van der Waals surface area contributed by atoms with E-state index in [9.17, 15) is 19.8 Å². The predicted octanol–water partition coefficient (Wildman–Crippen LogP) is 1.86. The topological polar surface area (TPSA) is 110 Å². The summed E-state index contributed by atoms with van der Waals surface area (Å²) in [7, 11) is 0. The van der Waals surface area contributed by atoms with E-state index in [1.165, 1.54) is 0 Å². The molecule has 2 saturated carbocycles. The molecule has 0 aromatic heterocycles. The van der Waals surface area contributed by atoms with Crippen molar-refractivity contribution in [1.82, 2.24) is 0 Å². The fourth-order valence-electron chi connectivity index (χ4n) is 4.32. The summed E-state index contributed by atoms with van der Waals surface area (Å²) >= 11 is 0. The minimum absolute atomic E-state index is 0.208. The number of nitrogens with two attached hydrogens (primary N) is 1. The molecule has 25 heavy (non-hydrogen) atoms. The Morgan fingerprint density at radius 1 is 1.16 bits per heavy atom. The van der Waals surface area contributed by atoms with Gasteiger partial charge in [-0.3, -0.25) is 9.59 Å². The van der Waals surface area contributed by atoms with E-state index in [0.29, 0.717) is 6.42 Å². The molecule has 2 aromatic rings. The molecule has 0 saturated heterocycles. The van der Waals surface area contributed by atoms with Gasteiger partial charge in [-0.05, 0) is 34.7 Å². The van der Waals surface area contributed by atoms with E-state index in [2.05, 4.69) is 0 Å². The van der Waals surface area contributed by atoms with Gasteiger partial charge in [-0.15, -0.1) is 0 Å². The number of carboxylic acids is 2. The molecule has 4 rings (SSSR count). The highest BCUT2D eigenvalue weighted by atomic mass is 16.5. The van der Waals surface area contributed by atoms with Gasteiger partial charge >= 0.3 is 11.9 Å². The van der Waals surface area contributed by atoms with Gasteiger partial charge in [0, 0.05) is 5.92 Å². The molecule has 4 N–H and O–H groups in total. The van der Waals surface area contributed by atoms with Crippen molar-refractivity contribution in [3.8, 4) is 0 Å². The summed E-state index contributed by atoms with van der Waals surface area (Å²) in [6, 6.07) is 13.9. The Morgan fingerprint density at radius 2 is 1.88 bits per heavy atom. The standard InChI is InChI=1S/C19H19NO5/c20-19(18(23)24)14(8-13-15(16(13)19)17(21)22)25-9-10-5-6-11-3-1-2-4-12(11)7-10/h1-7,13-16H,8-9,20H2,(H,21,22)(H,23,24)/t13-,14+,15-,16-,19-/m0/s1. The number of hydrogen-bond donors (Lipinski definition) is 3. The molecule has 0 radical (unpaired) electrons. The minimum Gasteiger partial charge on any atom is -0.481 e. The molecule has 6 heteroatoms. The zero-order valence-corrected chi connectivity index (χ0v) is 13.5. The van der Waals surface area contributed by atoms with Gasteiger partial charge in [-0.1, -0.05) is 36.4 Å². The summed E-state index contributed by atoms with van der Waals surface area (Å²) in [6.45, 7) is 0.249. The minimum atomic E-state index is -1.63. The third-order valence-electron chi connectivity index (χ3n) is 5.66. The molecule has 2 aliphatic rings. The lowest BCUT2D eigenvalue weighted by atomic mass is 9.89. The van der Waals surface area contributed by atoms with Crippen molar-refractivity contribution in [2.45, 2.75) is 24.7 Å². The van der Waals surface area contributed by atoms with Crippen LogP contribution < -0.4 is 5.73 Å². The van der Waals surface area contributed by atoms with Gasteiger partial charge in [-0.2, -0.15) is 0 Å². The Bertz CT molecular complexity index is 866. The fraction of sp³-hybridized carbons (Fsp3) is 0.368. The van der Waals surface area contributed by atoms with Crippen molar-refractivity contribution in [3.05, 3.63) is 48.0 Å². The van der Waals surface area contributed by atoms with Crippen molar-refractivity contribution in [1.29, 1.82) is 0 Å². The van der Waals surface area contributed by atoms with Crippen molar-refractivity contribution in [2.75, 3.05) is 0 Å². The first-order valence-electron chi connectivity index (χ1n) is 8.27. The number of ether oxygens (including phenoxy) is 1. The van der Waals surface area contributed by atoms with Gasteiger partial charge in [0.25, 0.3) is 0 Å². The monoisotopic (exact) mass is 341 g/mol. The highest BCUT2D eigenvalue weighted by Crippen LogP contribution is 2.62. The molecule has 0 bridgehead atoms. The Kier molecular flexibility index (Phi) is 3.56. The van der Waals surface area contributed by atoms with Gasteiger partial charge in [0.1, 0.15) is 5.54 Å². The molecular weight excluding hydrogens is 322 g/mol. The summed E-state index contributed by atoms with van der Waals surface area (Å²) in [5.41, 5.74) is 5.42. The predicted molar refractivity (Wildman–Crippen MR) is 89.8 cm³/mol. The highest BCUT2D eigenvalue weighted by Gasteiger charge is 2.74. The van der Waals surface area contributed by atoms with E-state index in [1.54, 1.807) is 0 Å². The number of hydrogen-bond acceptors (Lipinski definition) is 4. The summed E-state index contributed by atoms with van der Waals surface area (Å²) in [6.07, 6.45) is -0.306. The molecule has 2 fully saturated rings. The molecule has 0 amide bonds. The zero-order chi connectivity index (χ0) is 17.8. The largest absolute Gasteiger partial charge is 0.481 e. The Balaban J connectivity index is 1.50. The van der Waals surface area contributed by atoms with Crippen LogP contribution in [-0.4, -0.2) is 33.8 Å². The lowest BCUT2D eigenvalue weighted by Crippen LogP contribution is -2.58.